The minimum Gasteiger partial charge on any atom is -0.459 e. The minimum atomic E-state index is -4.18. The topological polar surface area (TPSA) is 204 Å². The van der Waals surface area contributed by atoms with Gasteiger partial charge < -0.3 is 18.9 Å². The average Bonchev–Trinajstić information content (AvgIpc) is 2.85. The first-order valence-corrected chi connectivity index (χ1v) is 16.9. The van der Waals surface area contributed by atoms with Gasteiger partial charge in [0.25, 0.3) is 20.4 Å². The van der Waals surface area contributed by atoms with Crippen LogP contribution < -0.4 is 9.44 Å². The summed E-state index contributed by atoms with van der Waals surface area (Å²) in [6, 6.07) is -2.84. The highest BCUT2D eigenvalue weighted by Gasteiger charge is 2.39. The SMILES string of the molecule is CNS(=O)(=O)N(CCOCCOCCN([C@@H](CC(C)=O)C(=O)OC(C)(C)C)S(=O)(=O)NC)[C@@H](CC(C)=O)C(=O)OC(C)(C)C. The van der Waals surface area contributed by atoms with Crippen molar-refractivity contribution in [3.8, 4) is 0 Å². The first kappa shape index (κ1) is 41.9. The van der Waals surface area contributed by atoms with Crippen molar-refractivity contribution in [2.75, 3.05) is 53.6 Å². The van der Waals surface area contributed by atoms with Crippen LogP contribution in [0, 0.1) is 0 Å². The van der Waals surface area contributed by atoms with E-state index < -0.39 is 80.1 Å². The van der Waals surface area contributed by atoms with E-state index in [4.69, 9.17) is 18.9 Å². The van der Waals surface area contributed by atoms with Gasteiger partial charge in [-0.1, -0.05) is 0 Å². The fourth-order valence-corrected chi connectivity index (χ4v) is 5.73. The number of ketones is 2. The highest BCUT2D eigenvalue weighted by atomic mass is 32.2. The molecule has 2 N–H and O–H groups in total. The van der Waals surface area contributed by atoms with Crippen LogP contribution in [0.15, 0.2) is 0 Å². The summed E-state index contributed by atoms with van der Waals surface area (Å²) < 4.78 is 78.4. The van der Waals surface area contributed by atoms with E-state index in [1.165, 1.54) is 13.8 Å². The number of nitrogens with one attached hydrogen (secondary N) is 2. The van der Waals surface area contributed by atoms with Gasteiger partial charge in [0.2, 0.25) is 0 Å². The number of ether oxygens (including phenoxy) is 4. The summed E-state index contributed by atoms with van der Waals surface area (Å²) in [7, 11) is -6.03. The van der Waals surface area contributed by atoms with Gasteiger partial charge in [-0.15, -0.1) is 0 Å². The molecule has 0 aliphatic heterocycles. The van der Waals surface area contributed by atoms with Crippen molar-refractivity contribution in [2.45, 2.75) is 91.5 Å². The Hall–Kier alpha value is -2.06. The summed E-state index contributed by atoms with van der Waals surface area (Å²) in [4.78, 5) is 49.3. The minimum absolute atomic E-state index is 0.0427. The smallest absolute Gasteiger partial charge is 0.325 e. The van der Waals surface area contributed by atoms with Gasteiger partial charge in [0, 0.05) is 40.0 Å². The van der Waals surface area contributed by atoms with E-state index in [0.717, 1.165) is 22.7 Å². The highest BCUT2D eigenvalue weighted by molar-refractivity contribution is 7.87. The van der Waals surface area contributed by atoms with Gasteiger partial charge in [0.05, 0.1) is 26.4 Å². The van der Waals surface area contributed by atoms with Gasteiger partial charge >= 0.3 is 11.9 Å². The molecule has 258 valence electrons. The van der Waals surface area contributed by atoms with Gasteiger partial charge in [-0.05, 0) is 55.4 Å². The molecule has 0 spiro atoms. The molecular formula is C26H50N4O12S2. The second-order valence-electron chi connectivity index (χ2n) is 11.8. The second kappa shape index (κ2) is 18.2. The van der Waals surface area contributed by atoms with E-state index in [2.05, 4.69) is 9.44 Å². The molecule has 44 heavy (non-hydrogen) atoms. The zero-order valence-electron chi connectivity index (χ0n) is 27.4. The molecule has 0 bridgehead atoms. The van der Waals surface area contributed by atoms with Crippen LogP contribution in [-0.2, 0) is 58.5 Å². The fraction of sp³-hybridized carbons (Fsp3) is 0.846. The van der Waals surface area contributed by atoms with Crippen LogP contribution in [0.3, 0.4) is 0 Å². The van der Waals surface area contributed by atoms with Gasteiger partial charge in [-0.2, -0.15) is 25.4 Å². The predicted octanol–water partition coefficient (Wildman–Crippen LogP) is -0.0692. The van der Waals surface area contributed by atoms with Crippen molar-refractivity contribution in [3.05, 3.63) is 0 Å². The Bertz CT molecular complexity index is 1090. The standard InChI is InChI=1S/C26H50N4O12S2/c1-19(31)17-21(23(33)41-25(3,4)5)29(43(35,36)27-9)11-13-39-15-16-40-14-12-30(44(37,38)28-10)22(18-20(2)32)24(34)42-26(6,7)8/h21-22,27-28H,11-18H2,1-10H3/t21-,22-/m0/s1. The lowest BCUT2D eigenvalue weighted by atomic mass is 10.1. The zero-order valence-corrected chi connectivity index (χ0v) is 29.1. The van der Waals surface area contributed by atoms with Crippen LogP contribution in [0.5, 0.6) is 0 Å². The second-order valence-corrected chi connectivity index (χ2v) is 15.4. The van der Waals surface area contributed by atoms with Crippen molar-refractivity contribution in [3.63, 3.8) is 0 Å². The van der Waals surface area contributed by atoms with Crippen LogP contribution in [0.25, 0.3) is 0 Å². The van der Waals surface area contributed by atoms with Gasteiger partial charge in [0.1, 0.15) is 34.9 Å². The summed E-state index contributed by atoms with van der Waals surface area (Å²) in [5.41, 5.74) is -1.84. The number of hydrogen-bond acceptors (Lipinski definition) is 12. The number of carbonyl (C=O) groups excluding carboxylic acids is 4. The Morgan fingerprint density at radius 3 is 1.14 bits per heavy atom. The van der Waals surface area contributed by atoms with Crippen LogP contribution in [0.1, 0.15) is 68.2 Å². The molecule has 0 aliphatic carbocycles. The molecule has 0 aliphatic rings. The monoisotopic (exact) mass is 674 g/mol. The summed E-state index contributed by atoms with van der Waals surface area (Å²) in [6.45, 7) is 11.1. The average molecular weight is 675 g/mol. The lowest BCUT2D eigenvalue weighted by Crippen LogP contribution is -2.52. The Kier molecular flexibility index (Phi) is 17.3. The molecule has 16 nitrogen and oxygen atoms in total. The third kappa shape index (κ3) is 16.3. The quantitative estimate of drug-likeness (QED) is 0.121. The van der Waals surface area contributed by atoms with Crippen LogP contribution >= 0.6 is 0 Å². The fourth-order valence-electron chi connectivity index (χ4n) is 3.64. The Balaban J connectivity index is 5.36. The molecule has 0 heterocycles. The van der Waals surface area contributed by atoms with E-state index in [9.17, 15) is 36.0 Å². The molecule has 0 unspecified atom stereocenters. The van der Waals surface area contributed by atoms with Crippen molar-refractivity contribution in [1.82, 2.24) is 18.1 Å². The molecule has 2 atom stereocenters. The molecule has 0 rings (SSSR count). The lowest BCUT2D eigenvalue weighted by molar-refractivity contribution is -0.161. The highest BCUT2D eigenvalue weighted by Crippen LogP contribution is 2.18. The van der Waals surface area contributed by atoms with E-state index in [1.54, 1.807) is 41.5 Å². The maximum absolute atomic E-state index is 12.8. The number of hydrogen-bond donors (Lipinski definition) is 2. The summed E-state index contributed by atoms with van der Waals surface area (Å²) in [5.74, 6) is -2.60. The van der Waals surface area contributed by atoms with Crippen molar-refractivity contribution in [2.24, 2.45) is 0 Å². The zero-order chi connectivity index (χ0) is 34.5. The van der Waals surface area contributed by atoms with Crippen LogP contribution in [-0.4, -0.2) is 126 Å². The van der Waals surface area contributed by atoms with Gasteiger partial charge in [-0.25, -0.2) is 9.44 Å². The molecule has 0 aromatic heterocycles. The Morgan fingerprint density at radius 2 is 0.909 bits per heavy atom. The summed E-state index contributed by atoms with van der Waals surface area (Å²) in [6.07, 6.45) is -0.808. The molecular weight excluding hydrogens is 624 g/mol. The number of nitrogens with zero attached hydrogens (tertiary/aromatic N) is 2. The largest absolute Gasteiger partial charge is 0.459 e. The lowest BCUT2D eigenvalue weighted by Gasteiger charge is -2.31. The van der Waals surface area contributed by atoms with E-state index in [-0.39, 0.29) is 39.5 Å². The molecule has 18 heteroatoms. The Morgan fingerprint density at radius 1 is 0.614 bits per heavy atom. The molecule has 0 fully saturated rings. The maximum atomic E-state index is 12.8. The van der Waals surface area contributed by atoms with Crippen molar-refractivity contribution < 1.29 is 55.0 Å². The number of esters is 2. The van der Waals surface area contributed by atoms with E-state index in [0.29, 0.717) is 0 Å². The van der Waals surface area contributed by atoms with Crippen LogP contribution in [0.2, 0.25) is 0 Å². The summed E-state index contributed by atoms with van der Waals surface area (Å²) in [5, 5.41) is 0. The summed E-state index contributed by atoms with van der Waals surface area (Å²) >= 11 is 0. The maximum Gasteiger partial charge on any atom is 0.325 e. The third-order valence-corrected chi connectivity index (χ3v) is 8.57. The Labute approximate surface area is 261 Å². The molecule has 0 saturated carbocycles. The van der Waals surface area contributed by atoms with E-state index >= 15 is 0 Å². The van der Waals surface area contributed by atoms with Gasteiger partial charge in [0.15, 0.2) is 0 Å². The number of Topliss-reactive ketones (excluding diaryl/α,β-unsaturated/α-hetero) is 2. The van der Waals surface area contributed by atoms with Crippen molar-refractivity contribution >= 4 is 43.9 Å². The predicted molar refractivity (Wildman–Crippen MR) is 161 cm³/mol. The molecule has 0 aromatic rings. The number of carbonyl (C=O) groups is 4. The third-order valence-electron chi connectivity index (χ3n) is 5.43. The molecule has 0 aromatic carbocycles. The number of rotatable bonds is 21. The normalized spacial score (nSPS) is 14.4. The first-order valence-electron chi connectivity index (χ1n) is 14.0. The first-order chi connectivity index (χ1) is 20.0. The van der Waals surface area contributed by atoms with Crippen molar-refractivity contribution in [1.29, 1.82) is 0 Å². The molecule has 0 amide bonds. The van der Waals surface area contributed by atoms with E-state index in [1.807, 2.05) is 0 Å². The molecule has 0 saturated heterocycles. The molecule has 0 radical (unpaired) electrons. The van der Waals surface area contributed by atoms with Crippen LogP contribution in [0.4, 0.5) is 0 Å². The van der Waals surface area contributed by atoms with Gasteiger partial charge in [-0.3, -0.25) is 19.2 Å².